The van der Waals surface area contributed by atoms with E-state index in [-0.39, 0.29) is 0 Å². The Hall–Kier alpha value is -3.29. The number of hydrogen-bond acceptors (Lipinski definition) is 1. The van der Waals surface area contributed by atoms with Gasteiger partial charge >= 0.3 is 0 Å². The summed E-state index contributed by atoms with van der Waals surface area (Å²) in [6.45, 7) is 14.0. The molecule has 1 N–H and O–H groups in total. The first-order valence-electron chi connectivity index (χ1n) is 13.3. The zero-order valence-electron chi connectivity index (χ0n) is 22.5. The van der Waals surface area contributed by atoms with Crippen LogP contribution in [0.3, 0.4) is 0 Å². The van der Waals surface area contributed by atoms with Gasteiger partial charge < -0.3 is 5.32 Å². The fourth-order valence-corrected chi connectivity index (χ4v) is 6.04. The summed E-state index contributed by atoms with van der Waals surface area (Å²) in [5.41, 5.74) is 17.1. The van der Waals surface area contributed by atoms with E-state index in [0.29, 0.717) is 0 Å². The molecule has 5 rings (SSSR count). The van der Waals surface area contributed by atoms with Gasteiger partial charge in [-0.25, -0.2) is 0 Å². The first-order valence-corrected chi connectivity index (χ1v) is 13.7. The monoisotopic (exact) mass is 505 g/mol. The number of hydrogen-bond donors (Lipinski definition) is 1. The predicted octanol–water partition coefficient (Wildman–Crippen LogP) is 8.73. The van der Waals surface area contributed by atoms with Crippen LogP contribution < -0.4 is 5.32 Å². The lowest BCUT2D eigenvalue weighted by Gasteiger charge is -2.23. The van der Waals surface area contributed by atoms with Gasteiger partial charge in [-0.05, 0) is 121 Å². The molecule has 4 aromatic carbocycles. The minimum absolute atomic E-state index is 0.878. The summed E-state index contributed by atoms with van der Waals surface area (Å²) >= 11 is 6.58. The smallest absolute Gasteiger partial charge is 0.0440 e. The third-order valence-corrected chi connectivity index (χ3v) is 8.55. The molecule has 1 aliphatic rings. The zero-order valence-corrected chi connectivity index (χ0v) is 23.2. The van der Waals surface area contributed by atoms with Gasteiger partial charge in [0, 0.05) is 22.8 Å². The average Bonchev–Trinajstić information content (AvgIpc) is 2.88. The molecular weight excluding hydrogens is 470 g/mol. The van der Waals surface area contributed by atoms with E-state index in [1.54, 1.807) is 0 Å². The van der Waals surface area contributed by atoms with Gasteiger partial charge in [-0.3, -0.25) is 0 Å². The van der Waals surface area contributed by atoms with Crippen molar-refractivity contribution < 1.29 is 0 Å². The largest absolute Gasteiger partial charge is 0.385 e. The third kappa shape index (κ3) is 5.11. The van der Waals surface area contributed by atoms with Crippen LogP contribution in [0.4, 0.5) is 0 Å². The van der Waals surface area contributed by atoms with E-state index in [1.807, 2.05) is 0 Å². The lowest BCUT2D eigenvalue weighted by atomic mass is 9.86. The highest BCUT2D eigenvalue weighted by Crippen LogP contribution is 2.33. The molecule has 4 aromatic rings. The molecule has 2 heteroatoms. The molecule has 1 aliphatic heterocycles. The first kappa shape index (κ1) is 25.4. The van der Waals surface area contributed by atoms with Crippen molar-refractivity contribution in [3.8, 4) is 11.1 Å². The van der Waals surface area contributed by atoms with Crippen LogP contribution in [0.15, 0.2) is 73.3 Å². The molecule has 1 heterocycles. The zero-order chi connectivity index (χ0) is 26.1. The van der Waals surface area contributed by atoms with Gasteiger partial charge in [0.25, 0.3) is 0 Å². The molecule has 0 radical (unpaired) electrons. The molecule has 0 spiro atoms. The molecule has 0 saturated heterocycles. The van der Waals surface area contributed by atoms with E-state index < -0.39 is 0 Å². The van der Waals surface area contributed by atoms with E-state index >= 15 is 0 Å². The Morgan fingerprint density at radius 2 is 1.27 bits per heavy atom. The minimum Gasteiger partial charge on any atom is -0.385 e. The second-order valence-corrected chi connectivity index (χ2v) is 10.9. The maximum atomic E-state index is 6.58. The minimum atomic E-state index is 0.878. The summed E-state index contributed by atoms with van der Waals surface area (Å²) in [4.78, 5) is 0. The van der Waals surface area contributed by atoms with Crippen molar-refractivity contribution in [3.05, 3.63) is 134 Å². The van der Waals surface area contributed by atoms with Crippen LogP contribution in [-0.4, -0.2) is 6.54 Å². The molecule has 0 aromatic heterocycles. The summed E-state index contributed by atoms with van der Waals surface area (Å²) in [6, 6.07) is 24.5. The molecule has 0 amide bonds. The summed E-state index contributed by atoms with van der Waals surface area (Å²) in [7, 11) is 0. The second-order valence-electron chi connectivity index (χ2n) is 10.5. The van der Waals surface area contributed by atoms with Crippen LogP contribution in [0.5, 0.6) is 0 Å². The molecule has 37 heavy (non-hydrogen) atoms. The quantitative estimate of drug-likeness (QED) is 0.276. The Labute approximate surface area is 227 Å². The van der Waals surface area contributed by atoms with Crippen molar-refractivity contribution in [2.45, 2.75) is 53.4 Å². The summed E-state index contributed by atoms with van der Waals surface area (Å²) in [5.74, 6) is 0. The van der Waals surface area contributed by atoms with E-state index in [9.17, 15) is 0 Å². The molecule has 0 saturated carbocycles. The third-order valence-electron chi connectivity index (χ3n) is 8.20. The number of aryl methyl sites for hydroxylation is 4. The van der Waals surface area contributed by atoms with E-state index in [2.05, 4.69) is 106 Å². The van der Waals surface area contributed by atoms with Crippen LogP contribution in [0.25, 0.3) is 16.8 Å². The highest BCUT2D eigenvalue weighted by Gasteiger charge is 2.17. The lowest BCUT2D eigenvalue weighted by molar-refractivity contribution is 0.806. The molecule has 0 bridgehead atoms. The number of rotatable bonds is 6. The van der Waals surface area contributed by atoms with Gasteiger partial charge in [-0.1, -0.05) is 78.8 Å². The Bertz CT molecular complexity index is 1490. The molecule has 1 nitrogen and oxygen atoms in total. The van der Waals surface area contributed by atoms with Crippen molar-refractivity contribution in [2.24, 2.45) is 0 Å². The van der Waals surface area contributed by atoms with Gasteiger partial charge in [0.1, 0.15) is 0 Å². The molecular formula is C35H36ClN. The molecule has 188 valence electrons. The highest BCUT2D eigenvalue weighted by atomic mass is 35.5. The normalized spacial score (nSPS) is 12.8. The summed E-state index contributed by atoms with van der Waals surface area (Å²) < 4.78 is 0. The SMILES string of the molecule is C=C1NCCc2c(Cc3cccc(-c4cccc(CCc5cc(C)c(C)cc5Cl)c4C)c3C)cccc21. The molecule has 0 atom stereocenters. The number of fused-ring (bicyclic) bond motifs is 1. The van der Waals surface area contributed by atoms with Crippen molar-refractivity contribution in [1.82, 2.24) is 5.32 Å². The van der Waals surface area contributed by atoms with Crippen LogP contribution in [0.2, 0.25) is 5.02 Å². The predicted molar refractivity (Wildman–Crippen MR) is 160 cm³/mol. The van der Waals surface area contributed by atoms with Gasteiger partial charge in [0.2, 0.25) is 0 Å². The van der Waals surface area contributed by atoms with E-state index in [1.165, 1.54) is 66.8 Å². The van der Waals surface area contributed by atoms with Crippen LogP contribution in [-0.2, 0) is 25.7 Å². The van der Waals surface area contributed by atoms with Crippen molar-refractivity contribution in [3.63, 3.8) is 0 Å². The Kier molecular flexibility index (Phi) is 7.26. The lowest BCUT2D eigenvalue weighted by Crippen LogP contribution is -2.23. The standard InChI is InChI=1S/C35H36ClN/c1-22-19-30(35(36)20-23(22)2)16-15-27-9-6-12-31(24(27)3)32-13-7-10-28(25(32)4)21-29-11-8-14-33-26(5)37-18-17-34(29)33/h6-14,19-20,37H,5,15-18,21H2,1-4H3. The average molecular weight is 506 g/mol. The van der Waals surface area contributed by atoms with Crippen LogP contribution in [0, 0.1) is 27.7 Å². The van der Waals surface area contributed by atoms with Gasteiger partial charge in [0.15, 0.2) is 0 Å². The molecule has 0 fully saturated rings. The van der Waals surface area contributed by atoms with Gasteiger partial charge in [-0.15, -0.1) is 0 Å². The molecule has 0 unspecified atom stereocenters. The fourth-order valence-electron chi connectivity index (χ4n) is 5.73. The van der Waals surface area contributed by atoms with Crippen LogP contribution in [0.1, 0.15) is 55.6 Å². The maximum Gasteiger partial charge on any atom is 0.0440 e. The Morgan fingerprint density at radius 3 is 2.00 bits per heavy atom. The van der Waals surface area contributed by atoms with E-state index in [4.69, 9.17) is 11.6 Å². The highest BCUT2D eigenvalue weighted by molar-refractivity contribution is 6.31. The van der Waals surface area contributed by atoms with Crippen molar-refractivity contribution in [2.75, 3.05) is 6.54 Å². The fraction of sp³-hybridized carbons (Fsp3) is 0.257. The molecule has 0 aliphatic carbocycles. The van der Waals surface area contributed by atoms with E-state index in [0.717, 1.165) is 42.9 Å². The maximum absolute atomic E-state index is 6.58. The van der Waals surface area contributed by atoms with Crippen molar-refractivity contribution in [1.29, 1.82) is 0 Å². The number of benzene rings is 4. The van der Waals surface area contributed by atoms with Crippen LogP contribution >= 0.6 is 11.6 Å². The van der Waals surface area contributed by atoms with Crippen molar-refractivity contribution >= 4 is 17.3 Å². The first-order chi connectivity index (χ1) is 17.8. The topological polar surface area (TPSA) is 12.0 Å². The van der Waals surface area contributed by atoms with Gasteiger partial charge in [0.05, 0.1) is 0 Å². The summed E-state index contributed by atoms with van der Waals surface area (Å²) in [5, 5.41) is 4.29. The summed E-state index contributed by atoms with van der Waals surface area (Å²) in [6.07, 6.45) is 3.92. The second kappa shape index (κ2) is 10.6. The Morgan fingerprint density at radius 1 is 0.703 bits per heavy atom. The number of nitrogens with one attached hydrogen (secondary N) is 1. The number of halogens is 1. The van der Waals surface area contributed by atoms with Gasteiger partial charge in [-0.2, -0.15) is 0 Å². The Balaban J connectivity index is 1.43.